The zero-order valence-corrected chi connectivity index (χ0v) is 14.5. The van der Waals surface area contributed by atoms with E-state index in [0.717, 1.165) is 0 Å². The molecule has 0 saturated carbocycles. The zero-order chi connectivity index (χ0) is 18.6. The van der Waals surface area contributed by atoms with Crippen LogP contribution < -0.4 is 4.90 Å². The maximum atomic E-state index is 13.0. The van der Waals surface area contributed by atoms with Crippen LogP contribution in [0.4, 0.5) is 18.9 Å². The minimum absolute atomic E-state index is 0.00852. The Kier molecular flexibility index (Phi) is 5.95. The van der Waals surface area contributed by atoms with Crippen LogP contribution in [0.1, 0.15) is 21.5 Å². The number of hydrogen-bond donors (Lipinski definition) is 0. The highest BCUT2D eigenvalue weighted by molar-refractivity contribution is 6.31. The number of aryl methyl sites for hydroxylation is 1. The smallest absolute Gasteiger partial charge is 0.405 e. The van der Waals surface area contributed by atoms with Crippen LogP contribution in [0.2, 0.25) is 5.02 Å². The average Bonchev–Trinajstić information content (AvgIpc) is 2.55. The van der Waals surface area contributed by atoms with E-state index in [1.54, 1.807) is 43.3 Å². The lowest BCUT2D eigenvalue weighted by atomic mass is 10.1. The van der Waals surface area contributed by atoms with Crippen molar-refractivity contribution >= 4 is 23.3 Å². The minimum atomic E-state index is -4.37. The number of methoxy groups -OCH3 is 1. The Hall–Kier alpha value is -2.21. The first kappa shape index (κ1) is 19.1. The van der Waals surface area contributed by atoms with Crippen molar-refractivity contribution in [1.29, 1.82) is 0 Å². The van der Waals surface area contributed by atoms with Gasteiger partial charge >= 0.3 is 12.1 Å². The summed E-state index contributed by atoms with van der Waals surface area (Å²) in [6.45, 7) is 0.609. The number of nitrogens with zero attached hydrogens (tertiary/aromatic N) is 1. The van der Waals surface area contributed by atoms with E-state index in [0.29, 0.717) is 27.4 Å². The second kappa shape index (κ2) is 7.78. The fourth-order valence-corrected chi connectivity index (χ4v) is 2.53. The molecule has 0 fully saturated rings. The molecule has 2 rings (SSSR count). The molecule has 0 heterocycles. The largest absolute Gasteiger partial charge is 0.465 e. The highest BCUT2D eigenvalue weighted by Crippen LogP contribution is 2.27. The first-order chi connectivity index (χ1) is 11.7. The van der Waals surface area contributed by atoms with Crippen molar-refractivity contribution in [3.05, 3.63) is 64.2 Å². The van der Waals surface area contributed by atoms with Crippen LogP contribution in [0.5, 0.6) is 0 Å². The highest BCUT2D eigenvalue weighted by Gasteiger charge is 2.31. The molecular formula is C18H17ClF3NO2. The summed E-state index contributed by atoms with van der Waals surface area (Å²) in [5.41, 5.74) is 1.95. The number of alkyl halides is 3. The van der Waals surface area contributed by atoms with E-state index in [9.17, 15) is 18.0 Å². The molecule has 7 heteroatoms. The molecule has 0 unspecified atom stereocenters. The van der Waals surface area contributed by atoms with Crippen LogP contribution in [-0.2, 0) is 11.3 Å². The molecule has 0 aliphatic carbocycles. The van der Waals surface area contributed by atoms with Gasteiger partial charge in [0, 0.05) is 17.3 Å². The molecular weight excluding hydrogens is 355 g/mol. The van der Waals surface area contributed by atoms with E-state index in [2.05, 4.69) is 4.74 Å². The Labute approximate surface area is 149 Å². The van der Waals surface area contributed by atoms with Crippen molar-refractivity contribution in [1.82, 2.24) is 0 Å². The molecule has 0 atom stereocenters. The number of halogens is 4. The van der Waals surface area contributed by atoms with Gasteiger partial charge in [-0.05, 0) is 48.4 Å². The van der Waals surface area contributed by atoms with E-state index in [-0.39, 0.29) is 6.54 Å². The molecule has 0 aromatic heterocycles. The van der Waals surface area contributed by atoms with E-state index >= 15 is 0 Å². The second-order valence-electron chi connectivity index (χ2n) is 5.60. The van der Waals surface area contributed by atoms with Gasteiger partial charge in [0.1, 0.15) is 6.54 Å². The number of ether oxygens (including phenoxy) is 1. The molecule has 0 saturated heterocycles. The fraction of sp³-hybridized carbons (Fsp3) is 0.278. The predicted molar refractivity (Wildman–Crippen MR) is 91.1 cm³/mol. The summed E-state index contributed by atoms with van der Waals surface area (Å²) in [5.74, 6) is -0.536. The van der Waals surface area contributed by atoms with Crippen LogP contribution in [0.3, 0.4) is 0 Å². The van der Waals surface area contributed by atoms with E-state index < -0.39 is 18.7 Å². The summed E-state index contributed by atoms with van der Waals surface area (Å²) in [4.78, 5) is 12.8. The lowest BCUT2D eigenvalue weighted by Gasteiger charge is -2.27. The van der Waals surface area contributed by atoms with Gasteiger partial charge in [-0.2, -0.15) is 13.2 Å². The van der Waals surface area contributed by atoms with Gasteiger partial charge in [-0.1, -0.05) is 23.7 Å². The maximum Gasteiger partial charge on any atom is 0.405 e. The molecule has 3 nitrogen and oxygen atoms in total. The van der Waals surface area contributed by atoms with Gasteiger partial charge < -0.3 is 9.64 Å². The molecule has 0 aliphatic heterocycles. The molecule has 0 amide bonds. The predicted octanol–water partition coefficient (Wildman–Crippen LogP) is 5.00. The van der Waals surface area contributed by atoms with Gasteiger partial charge in [-0.3, -0.25) is 0 Å². The molecule has 2 aromatic carbocycles. The van der Waals surface area contributed by atoms with Gasteiger partial charge in [-0.25, -0.2) is 4.79 Å². The van der Waals surface area contributed by atoms with Gasteiger partial charge in [0.2, 0.25) is 0 Å². The topological polar surface area (TPSA) is 29.5 Å². The van der Waals surface area contributed by atoms with Gasteiger partial charge in [0.15, 0.2) is 0 Å². The summed E-state index contributed by atoms with van der Waals surface area (Å²) in [5, 5.41) is 0.489. The Morgan fingerprint density at radius 2 is 1.92 bits per heavy atom. The molecule has 25 heavy (non-hydrogen) atoms. The number of carbonyl (C=O) groups is 1. The summed E-state index contributed by atoms with van der Waals surface area (Å²) in [7, 11) is 1.25. The lowest BCUT2D eigenvalue weighted by Crippen LogP contribution is -2.34. The summed E-state index contributed by atoms with van der Waals surface area (Å²) < 4.78 is 43.6. The van der Waals surface area contributed by atoms with Crippen molar-refractivity contribution in [2.75, 3.05) is 18.6 Å². The van der Waals surface area contributed by atoms with Crippen LogP contribution in [-0.4, -0.2) is 25.8 Å². The quantitative estimate of drug-likeness (QED) is 0.692. The number of anilines is 1. The summed E-state index contributed by atoms with van der Waals surface area (Å²) in [6, 6.07) is 11.1. The minimum Gasteiger partial charge on any atom is -0.465 e. The molecule has 134 valence electrons. The monoisotopic (exact) mass is 371 g/mol. The Morgan fingerprint density at radius 3 is 2.52 bits per heavy atom. The molecule has 0 N–H and O–H groups in total. The van der Waals surface area contributed by atoms with Crippen LogP contribution in [0.15, 0.2) is 42.5 Å². The van der Waals surface area contributed by atoms with E-state index in [1.807, 2.05) is 0 Å². The average molecular weight is 372 g/mol. The lowest BCUT2D eigenvalue weighted by molar-refractivity contribution is -0.119. The van der Waals surface area contributed by atoms with Crippen LogP contribution in [0, 0.1) is 6.92 Å². The molecule has 0 radical (unpaired) electrons. The number of benzene rings is 2. The number of carbonyl (C=O) groups excluding carboxylic acids is 1. The van der Waals surface area contributed by atoms with E-state index in [4.69, 9.17) is 11.6 Å². The number of rotatable bonds is 5. The third kappa shape index (κ3) is 5.39. The van der Waals surface area contributed by atoms with Crippen molar-refractivity contribution in [3.8, 4) is 0 Å². The van der Waals surface area contributed by atoms with Crippen molar-refractivity contribution in [2.24, 2.45) is 0 Å². The SMILES string of the molecule is COC(=O)c1cccc(CN(CC(F)(F)F)c2ccc(Cl)c(C)c2)c1. The Morgan fingerprint density at radius 1 is 1.20 bits per heavy atom. The third-order valence-corrected chi connectivity index (χ3v) is 4.02. The standard InChI is InChI=1S/C18H17ClF3NO2/c1-12-8-15(6-7-16(12)19)23(11-18(20,21)22)10-13-4-3-5-14(9-13)17(24)25-2/h3-9H,10-11H2,1-2H3. The number of hydrogen-bond acceptors (Lipinski definition) is 3. The van der Waals surface area contributed by atoms with Crippen LogP contribution in [0.25, 0.3) is 0 Å². The summed E-state index contributed by atoms with van der Waals surface area (Å²) >= 11 is 5.96. The maximum absolute atomic E-state index is 13.0. The molecule has 2 aromatic rings. The normalized spacial score (nSPS) is 11.3. The number of esters is 1. The summed E-state index contributed by atoms with van der Waals surface area (Å²) in [6.07, 6.45) is -4.37. The first-order valence-electron chi connectivity index (χ1n) is 7.44. The zero-order valence-electron chi connectivity index (χ0n) is 13.7. The molecule has 0 aliphatic rings. The Bertz CT molecular complexity index is 762. The fourth-order valence-electron chi connectivity index (χ4n) is 2.42. The van der Waals surface area contributed by atoms with Gasteiger partial charge in [-0.15, -0.1) is 0 Å². The molecule has 0 bridgehead atoms. The van der Waals surface area contributed by atoms with Crippen molar-refractivity contribution in [2.45, 2.75) is 19.6 Å². The van der Waals surface area contributed by atoms with E-state index in [1.165, 1.54) is 18.1 Å². The Balaban J connectivity index is 2.33. The van der Waals surface area contributed by atoms with Gasteiger partial charge in [0.25, 0.3) is 0 Å². The van der Waals surface area contributed by atoms with Crippen molar-refractivity contribution in [3.63, 3.8) is 0 Å². The third-order valence-electron chi connectivity index (χ3n) is 3.60. The van der Waals surface area contributed by atoms with Crippen molar-refractivity contribution < 1.29 is 22.7 Å². The van der Waals surface area contributed by atoms with Crippen LogP contribution >= 0.6 is 11.6 Å². The van der Waals surface area contributed by atoms with Gasteiger partial charge in [0.05, 0.1) is 12.7 Å². The highest BCUT2D eigenvalue weighted by atomic mass is 35.5. The first-order valence-corrected chi connectivity index (χ1v) is 7.82. The second-order valence-corrected chi connectivity index (χ2v) is 6.00. The molecule has 0 spiro atoms.